The highest BCUT2D eigenvalue weighted by molar-refractivity contribution is 5.53. The Bertz CT molecular complexity index is 354. The van der Waals surface area contributed by atoms with Crippen LogP contribution in [0.4, 0.5) is 0 Å². The van der Waals surface area contributed by atoms with Gasteiger partial charge in [0, 0.05) is 6.42 Å². The monoisotopic (exact) mass is 218 g/mol. The summed E-state index contributed by atoms with van der Waals surface area (Å²) in [4.78, 5) is 10.8. The van der Waals surface area contributed by atoms with Gasteiger partial charge in [-0.3, -0.25) is 0 Å². The van der Waals surface area contributed by atoms with Gasteiger partial charge in [-0.15, -0.1) is 0 Å². The second kappa shape index (κ2) is 5.15. The number of para-hydroxylation sites is 1. The Balaban J connectivity index is 2.24. The first-order valence-electron chi connectivity index (χ1n) is 6.04. The molecule has 2 rings (SSSR count). The van der Waals surface area contributed by atoms with Crippen molar-refractivity contribution in [2.45, 2.75) is 38.0 Å². The van der Waals surface area contributed by atoms with E-state index in [1.807, 2.05) is 18.2 Å². The fourth-order valence-corrected chi connectivity index (χ4v) is 2.84. The van der Waals surface area contributed by atoms with Crippen LogP contribution in [0, 0.1) is 5.92 Å². The van der Waals surface area contributed by atoms with Crippen molar-refractivity contribution in [3.63, 3.8) is 0 Å². The van der Waals surface area contributed by atoms with E-state index < -0.39 is 0 Å². The molecular weight excluding hydrogens is 200 g/mol. The van der Waals surface area contributed by atoms with Crippen molar-refractivity contribution in [1.29, 1.82) is 0 Å². The molecule has 1 aliphatic rings. The molecule has 0 radical (unpaired) electrons. The molecule has 0 heterocycles. The molecule has 0 aliphatic heterocycles. The van der Waals surface area contributed by atoms with E-state index in [0.717, 1.165) is 11.8 Å². The maximum atomic E-state index is 10.8. The molecule has 0 amide bonds. The minimum atomic E-state index is 0.209. The molecule has 1 N–H and O–H groups in total. The molecular formula is C14H18O2. The lowest BCUT2D eigenvalue weighted by molar-refractivity contribution is -0.108. The van der Waals surface area contributed by atoms with Crippen molar-refractivity contribution in [3.8, 4) is 5.75 Å². The number of aromatic hydroxyl groups is 1. The molecule has 2 nitrogen and oxygen atoms in total. The molecule has 1 unspecified atom stereocenters. The summed E-state index contributed by atoms with van der Waals surface area (Å²) >= 11 is 0. The van der Waals surface area contributed by atoms with E-state index >= 15 is 0 Å². The molecule has 16 heavy (non-hydrogen) atoms. The van der Waals surface area contributed by atoms with E-state index in [1.165, 1.54) is 25.7 Å². The predicted molar refractivity (Wildman–Crippen MR) is 63.5 cm³/mol. The van der Waals surface area contributed by atoms with E-state index in [0.29, 0.717) is 18.1 Å². The van der Waals surface area contributed by atoms with Gasteiger partial charge in [0.2, 0.25) is 0 Å². The highest BCUT2D eigenvalue weighted by Gasteiger charge is 2.27. The van der Waals surface area contributed by atoms with Crippen LogP contribution in [0.3, 0.4) is 0 Å². The minimum Gasteiger partial charge on any atom is -0.508 e. The molecule has 86 valence electrons. The zero-order valence-corrected chi connectivity index (χ0v) is 9.43. The van der Waals surface area contributed by atoms with Gasteiger partial charge in [0.25, 0.3) is 0 Å². The maximum Gasteiger partial charge on any atom is 0.120 e. The molecule has 0 spiro atoms. The number of benzene rings is 1. The molecule has 0 aromatic heterocycles. The average molecular weight is 218 g/mol. The van der Waals surface area contributed by atoms with Crippen LogP contribution >= 0.6 is 0 Å². The van der Waals surface area contributed by atoms with Crippen LogP contribution in [0.2, 0.25) is 0 Å². The van der Waals surface area contributed by atoms with Gasteiger partial charge in [-0.05, 0) is 36.3 Å². The van der Waals surface area contributed by atoms with Crippen LogP contribution in [-0.4, -0.2) is 11.4 Å². The highest BCUT2D eigenvalue weighted by Crippen LogP contribution is 2.41. The molecule has 1 fully saturated rings. The van der Waals surface area contributed by atoms with Crippen molar-refractivity contribution in [1.82, 2.24) is 0 Å². The lowest BCUT2D eigenvalue weighted by Gasteiger charge is -2.22. The SMILES string of the molecule is O=CCC(c1ccccc1O)C1CCCC1. The number of hydrogen-bond acceptors (Lipinski definition) is 2. The Hall–Kier alpha value is -1.31. The minimum absolute atomic E-state index is 0.209. The number of carbonyl (C=O) groups excluding carboxylic acids is 1. The number of carbonyl (C=O) groups is 1. The summed E-state index contributed by atoms with van der Waals surface area (Å²) in [6.45, 7) is 0. The smallest absolute Gasteiger partial charge is 0.120 e. The molecule has 1 aromatic rings. The van der Waals surface area contributed by atoms with Crippen LogP contribution in [0.1, 0.15) is 43.6 Å². The van der Waals surface area contributed by atoms with Crippen LogP contribution in [-0.2, 0) is 4.79 Å². The Morgan fingerprint density at radius 2 is 2.00 bits per heavy atom. The lowest BCUT2D eigenvalue weighted by Crippen LogP contribution is -2.10. The Morgan fingerprint density at radius 1 is 1.31 bits per heavy atom. The second-order valence-corrected chi connectivity index (χ2v) is 4.61. The Labute approximate surface area is 96.3 Å². The molecule has 0 bridgehead atoms. The number of phenolic OH excluding ortho intramolecular Hbond substituents is 1. The summed E-state index contributed by atoms with van der Waals surface area (Å²) in [6.07, 6.45) is 6.40. The van der Waals surface area contributed by atoms with Gasteiger partial charge >= 0.3 is 0 Å². The number of phenols is 1. The van der Waals surface area contributed by atoms with Crippen molar-refractivity contribution in [3.05, 3.63) is 29.8 Å². The third-order valence-corrected chi connectivity index (χ3v) is 3.66. The Morgan fingerprint density at radius 3 is 2.62 bits per heavy atom. The van der Waals surface area contributed by atoms with Gasteiger partial charge in [-0.1, -0.05) is 31.0 Å². The fourth-order valence-electron chi connectivity index (χ4n) is 2.84. The lowest BCUT2D eigenvalue weighted by atomic mass is 9.82. The second-order valence-electron chi connectivity index (χ2n) is 4.61. The number of aldehydes is 1. The first-order valence-corrected chi connectivity index (χ1v) is 6.04. The van der Waals surface area contributed by atoms with Crippen molar-refractivity contribution < 1.29 is 9.90 Å². The summed E-state index contributed by atoms with van der Waals surface area (Å²) in [7, 11) is 0. The van der Waals surface area contributed by atoms with E-state index in [9.17, 15) is 9.90 Å². The van der Waals surface area contributed by atoms with Crippen molar-refractivity contribution >= 4 is 6.29 Å². The van der Waals surface area contributed by atoms with E-state index in [4.69, 9.17) is 0 Å². The zero-order chi connectivity index (χ0) is 11.4. The van der Waals surface area contributed by atoms with E-state index in [1.54, 1.807) is 6.07 Å². The zero-order valence-electron chi connectivity index (χ0n) is 9.43. The molecule has 2 heteroatoms. The molecule has 1 aliphatic carbocycles. The average Bonchev–Trinajstić information content (AvgIpc) is 2.80. The quantitative estimate of drug-likeness (QED) is 0.788. The van der Waals surface area contributed by atoms with Gasteiger partial charge in [0.15, 0.2) is 0 Å². The van der Waals surface area contributed by atoms with Crippen LogP contribution in [0.5, 0.6) is 5.75 Å². The van der Waals surface area contributed by atoms with Crippen LogP contribution < -0.4 is 0 Å². The van der Waals surface area contributed by atoms with E-state index in [-0.39, 0.29) is 5.92 Å². The normalized spacial score (nSPS) is 18.5. The van der Waals surface area contributed by atoms with Gasteiger partial charge in [-0.25, -0.2) is 0 Å². The molecule has 1 aromatic carbocycles. The van der Waals surface area contributed by atoms with Crippen LogP contribution in [0.15, 0.2) is 24.3 Å². The van der Waals surface area contributed by atoms with Gasteiger partial charge < -0.3 is 9.90 Å². The van der Waals surface area contributed by atoms with Gasteiger partial charge in [-0.2, -0.15) is 0 Å². The largest absolute Gasteiger partial charge is 0.508 e. The standard InChI is InChI=1S/C14H18O2/c15-10-9-12(11-5-1-2-6-11)13-7-3-4-8-14(13)16/h3-4,7-8,10-12,16H,1-2,5-6,9H2. The fraction of sp³-hybridized carbons (Fsp3) is 0.500. The van der Waals surface area contributed by atoms with Crippen molar-refractivity contribution in [2.75, 3.05) is 0 Å². The topological polar surface area (TPSA) is 37.3 Å². The molecule has 1 atom stereocenters. The van der Waals surface area contributed by atoms with Crippen LogP contribution in [0.25, 0.3) is 0 Å². The summed E-state index contributed by atoms with van der Waals surface area (Å²) < 4.78 is 0. The van der Waals surface area contributed by atoms with Gasteiger partial charge in [0.05, 0.1) is 0 Å². The van der Waals surface area contributed by atoms with E-state index in [2.05, 4.69) is 0 Å². The van der Waals surface area contributed by atoms with Gasteiger partial charge in [0.1, 0.15) is 12.0 Å². The first-order chi connectivity index (χ1) is 7.83. The number of hydrogen-bond donors (Lipinski definition) is 1. The summed E-state index contributed by atoms with van der Waals surface area (Å²) in [5.74, 6) is 1.11. The Kier molecular flexibility index (Phi) is 3.60. The highest BCUT2D eigenvalue weighted by atomic mass is 16.3. The molecule has 1 saturated carbocycles. The summed E-state index contributed by atoms with van der Waals surface area (Å²) in [5, 5.41) is 9.85. The third-order valence-electron chi connectivity index (χ3n) is 3.66. The first kappa shape index (κ1) is 11.2. The summed E-state index contributed by atoms with van der Waals surface area (Å²) in [5.41, 5.74) is 0.946. The summed E-state index contributed by atoms with van der Waals surface area (Å²) in [6, 6.07) is 7.41. The molecule has 0 saturated heterocycles. The predicted octanol–water partition coefficient (Wildman–Crippen LogP) is 3.26. The third kappa shape index (κ3) is 2.26. The van der Waals surface area contributed by atoms with Crippen molar-refractivity contribution in [2.24, 2.45) is 5.92 Å². The number of rotatable bonds is 4. The maximum absolute atomic E-state index is 10.8.